The molecule has 154 valence electrons. The van der Waals surface area contributed by atoms with E-state index in [1.54, 1.807) is 13.8 Å². The Morgan fingerprint density at radius 3 is 2.29 bits per heavy atom. The number of rotatable bonds is 10. The average molecular weight is 429 g/mol. The Balaban J connectivity index is 2.54. The second-order valence-corrected chi connectivity index (χ2v) is 8.28. The zero-order valence-corrected chi connectivity index (χ0v) is 17.7. The van der Waals surface area contributed by atoms with Gasteiger partial charge < -0.3 is 14.2 Å². The van der Waals surface area contributed by atoms with Crippen molar-refractivity contribution in [3.63, 3.8) is 0 Å². The summed E-state index contributed by atoms with van der Waals surface area (Å²) in [5, 5.41) is -0.756. The Bertz CT molecular complexity index is 689. The van der Waals surface area contributed by atoms with Crippen molar-refractivity contribution in [2.45, 2.75) is 38.5 Å². The first kappa shape index (κ1) is 24.0. The molecule has 7 nitrogen and oxygen atoms in total. The van der Waals surface area contributed by atoms with E-state index in [0.717, 1.165) is 5.56 Å². The summed E-state index contributed by atoms with van der Waals surface area (Å²) < 4.78 is 13.4. The minimum absolute atomic E-state index is 0.110. The molecule has 0 heterocycles. The zero-order valence-electron chi connectivity index (χ0n) is 16.0. The summed E-state index contributed by atoms with van der Waals surface area (Å²) in [4.78, 5) is 47.3. The van der Waals surface area contributed by atoms with Crippen LogP contribution in [-0.2, 0) is 35.2 Å². The summed E-state index contributed by atoms with van der Waals surface area (Å²) >= 11 is 4.80. The molecule has 0 saturated heterocycles. The van der Waals surface area contributed by atoms with E-state index in [2.05, 4.69) is 17.4 Å². The SMILES string of the molecule is CC(=O)OCOC(=O)SC(C)(C)C(=O)C[C@@H](CS)C(=O)OCc1ccccc1. The van der Waals surface area contributed by atoms with Gasteiger partial charge in [-0.15, -0.1) is 0 Å². The number of Topliss-reactive ketones (excluding diaryl/α,β-unsaturated/α-hetero) is 1. The van der Waals surface area contributed by atoms with Crippen molar-refractivity contribution in [1.82, 2.24) is 0 Å². The molecule has 1 atom stereocenters. The number of esters is 2. The van der Waals surface area contributed by atoms with Crippen LogP contribution in [0.5, 0.6) is 0 Å². The smallest absolute Gasteiger partial charge is 0.371 e. The van der Waals surface area contributed by atoms with Crippen LogP contribution in [0, 0.1) is 5.92 Å². The molecule has 1 rings (SSSR count). The summed E-state index contributed by atoms with van der Waals surface area (Å²) in [7, 11) is 0. The van der Waals surface area contributed by atoms with Crippen LogP contribution in [0.15, 0.2) is 30.3 Å². The van der Waals surface area contributed by atoms with Gasteiger partial charge in [-0.1, -0.05) is 30.3 Å². The van der Waals surface area contributed by atoms with Gasteiger partial charge in [-0.25, -0.2) is 4.79 Å². The van der Waals surface area contributed by atoms with Gasteiger partial charge in [0.1, 0.15) is 12.4 Å². The van der Waals surface area contributed by atoms with E-state index in [-0.39, 0.29) is 24.6 Å². The van der Waals surface area contributed by atoms with E-state index in [1.807, 2.05) is 30.3 Å². The second-order valence-electron chi connectivity index (χ2n) is 6.36. The molecule has 0 saturated carbocycles. The molecular formula is C19H24O7S2. The van der Waals surface area contributed by atoms with Crippen LogP contribution in [0.3, 0.4) is 0 Å². The lowest BCUT2D eigenvalue weighted by Crippen LogP contribution is -2.34. The summed E-state index contributed by atoms with van der Waals surface area (Å²) in [6.07, 6.45) is -0.117. The Morgan fingerprint density at radius 2 is 1.71 bits per heavy atom. The third kappa shape index (κ3) is 8.79. The van der Waals surface area contributed by atoms with Crippen LogP contribution >= 0.6 is 24.4 Å². The van der Waals surface area contributed by atoms with Crippen LogP contribution < -0.4 is 0 Å². The quantitative estimate of drug-likeness (QED) is 0.344. The molecule has 28 heavy (non-hydrogen) atoms. The zero-order chi connectivity index (χ0) is 21.2. The Labute approximate surface area is 173 Å². The number of thiol groups is 1. The number of ether oxygens (including phenoxy) is 3. The molecule has 1 aromatic rings. The fraction of sp³-hybridized carbons (Fsp3) is 0.474. The molecule has 0 aromatic heterocycles. The highest BCUT2D eigenvalue weighted by atomic mass is 32.2. The summed E-state index contributed by atoms with van der Waals surface area (Å²) in [6.45, 7) is 3.88. The number of carbonyl (C=O) groups excluding carboxylic acids is 4. The van der Waals surface area contributed by atoms with Crippen molar-refractivity contribution in [3.8, 4) is 0 Å². The van der Waals surface area contributed by atoms with Gasteiger partial charge in [-0.05, 0) is 31.2 Å². The van der Waals surface area contributed by atoms with E-state index in [1.165, 1.54) is 6.92 Å². The van der Waals surface area contributed by atoms with Gasteiger partial charge in [-0.3, -0.25) is 14.4 Å². The highest BCUT2D eigenvalue weighted by Crippen LogP contribution is 2.30. The number of carbonyl (C=O) groups is 4. The van der Waals surface area contributed by atoms with Gasteiger partial charge in [0.15, 0.2) is 0 Å². The normalized spacial score (nSPS) is 12.0. The first-order valence-electron chi connectivity index (χ1n) is 8.49. The van der Waals surface area contributed by atoms with Crippen LogP contribution in [0.1, 0.15) is 32.8 Å². The number of hydrogen-bond acceptors (Lipinski definition) is 9. The lowest BCUT2D eigenvalue weighted by Gasteiger charge is -2.23. The van der Waals surface area contributed by atoms with Gasteiger partial charge in [-0.2, -0.15) is 12.6 Å². The van der Waals surface area contributed by atoms with Gasteiger partial charge in [0.2, 0.25) is 6.79 Å². The van der Waals surface area contributed by atoms with E-state index in [9.17, 15) is 19.2 Å². The molecule has 0 spiro atoms. The first-order chi connectivity index (χ1) is 13.2. The number of ketones is 1. The van der Waals surface area contributed by atoms with E-state index in [4.69, 9.17) is 9.47 Å². The first-order valence-corrected chi connectivity index (χ1v) is 9.94. The highest BCUT2D eigenvalue weighted by molar-refractivity contribution is 8.15. The van der Waals surface area contributed by atoms with Crippen LogP contribution in [0.4, 0.5) is 4.79 Å². The maximum Gasteiger partial charge on any atom is 0.371 e. The van der Waals surface area contributed by atoms with Gasteiger partial charge in [0.25, 0.3) is 0 Å². The maximum atomic E-state index is 12.6. The van der Waals surface area contributed by atoms with Crippen molar-refractivity contribution in [3.05, 3.63) is 35.9 Å². The lowest BCUT2D eigenvalue weighted by molar-refractivity contribution is -0.150. The third-order valence-electron chi connectivity index (χ3n) is 3.66. The molecule has 0 aliphatic rings. The number of benzene rings is 1. The average Bonchev–Trinajstić information content (AvgIpc) is 2.64. The predicted octanol–water partition coefficient (Wildman–Crippen LogP) is 3.40. The summed E-state index contributed by atoms with van der Waals surface area (Å²) in [5.74, 6) is -2.02. The van der Waals surface area contributed by atoms with Gasteiger partial charge in [0, 0.05) is 19.1 Å². The topological polar surface area (TPSA) is 96.0 Å². The van der Waals surface area contributed by atoms with Gasteiger partial charge >= 0.3 is 17.2 Å². The van der Waals surface area contributed by atoms with Crippen molar-refractivity contribution in [1.29, 1.82) is 0 Å². The molecule has 0 aliphatic heterocycles. The van der Waals surface area contributed by atoms with Gasteiger partial charge in [0.05, 0.1) is 10.7 Å². The third-order valence-corrected chi connectivity index (χ3v) is 5.12. The molecule has 1 aromatic carbocycles. The lowest BCUT2D eigenvalue weighted by atomic mass is 9.97. The molecule has 0 aliphatic carbocycles. The standard InChI is InChI=1S/C19H24O7S2/c1-13(20)25-12-26-18(23)28-19(2,3)16(21)9-15(11-27)17(22)24-10-14-7-5-4-6-8-14/h4-8,15,27H,9-12H2,1-3H3/t15-/m0/s1. The van der Waals surface area contributed by atoms with E-state index < -0.39 is 34.7 Å². The van der Waals surface area contributed by atoms with Crippen LogP contribution in [0.2, 0.25) is 0 Å². The molecule has 0 bridgehead atoms. The molecular weight excluding hydrogens is 404 g/mol. The summed E-state index contributed by atoms with van der Waals surface area (Å²) in [6, 6.07) is 9.19. The highest BCUT2D eigenvalue weighted by Gasteiger charge is 2.35. The molecule has 0 radical (unpaired) electrons. The minimum atomic E-state index is -1.13. The maximum absolute atomic E-state index is 12.6. The fourth-order valence-corrected chi connectivity index (χ4v) is 2.99. The number of thioether (sulfide) groups is 1. The molecule has 9 heteroatoms. The van der Waals surface area contributed by atoms with E-state index in [0.29, 0.717) is 11.8 Å². The fourth-order valence-electron chi connectivity index (χ4n) is 1.99. The van der Waals surface area contributed by atoms with Crippen LogP contribution in [0.25, 0.3) is 0 Å². The molecule has 0 unspecified atom stereocenters. The van der Waals surface area contributed by atoms with Crippen molar-refractivity contribution < 1.29 is 33.4 Å². The molecule has 0 fully saturated rings. The summed E-state index contributed by atoms with van der Waals surface area (Å²) in [5.41, 5.74) is 0.839. The monoisotopic (exact) mass is 428 g/mol. The van der Waals surface area contributed by atoms with Crippen molar-refractivity contribution >= 4 is 47.4 Å². The minimum Gasteiger partial charge on any atom is -0.461 e. The van der Waals surface area contributed by atoms with Crippen molar-refractivity contribution in [2.24, 2.45) is 5.92 Å². The Hall–Kier alpha value is -2.00. The Morgan fingerprint density at radius 1 is 1.07 bits per heavy atom. The van der Waals surface area contributed by atoms with Crippen molar-refractivity contribution in [2.75, 3.05) is 12.5 Å². The van der Waals surface area contributed by atoms with Crippen LogP contribution in [-0.4, -0.2) is 40.3 Å². The molecule has 0 N–H and O–H groups in total. The van der Waals surface area contributed by atoms with E-state index >= 15 is 0 Å². The largest absolute Gasteiger partial charge is 0.461 e. The Kier molecular flexibility index (Phi) is 10.1. The predicted molar refractivity (Wildman–Crippen MR) is 108 cm³/mol. The second kappa shape index (κ2) is 11.8. The molecule has 0 amide bonds. The number of hydrogen-bond donors (Lipinski definition) is 1.